The molecule has 1 heterocycles. The van der Waals surface area contributed by atoms with Crippen molar-refractivity contribution in [1.29, 1.82) is 0 Å². The van der Waals surface area contributed by atoms with Crippen molar-refractivity contribution in [2.45, 2.75) is 32.7 Å². The van der Waals surface area contributed by atoms with Crippen LogP contribution in [0.1, 0.15) is 43.6 Å². The highest BCUT2D eigenvalue weighted by atomic mass is 35.5. The molecule has 0 bridgehead atoms. The fourth-order valence-corrected chi connectivity index (χ4v) is 3.47. The van der Waals surface area contributed by atoms with Crippen LogP contribution in [0.25, 0.3) is 0 Å². The average Bonchev–Trinajstić information content (AvgIpc) is 2.89. The molecular formula is C14H18ClN3O3S. The van der Waals surface area contributed by atoms with Crippen molar-refractivity contribution in [3.05, 3.63) is 46.6 Å². The van der Waals surface area contributed by atoms with Gasteiger partial charge in [0.15, 0.2) is 5.82 Å². The lowest BCUT2D eigenvalue weighted by molar-refractivity contribution is 0.350. The summed E-state index contributed by atoms with van der Waals surface area (Å²) < 4.78 is 31.1. The van der Waals surface area contributed by atoms with Gasteiger partial charge in [-0.15, -0.1) is 0 Å². The number of hydrogen-bond donors (Lipinski definition) is 1. The van der Waals surface area contributed by atoms with Gasteiger partial charge in [-0.3, -0.25) is 0 Å². The highest BCUT2D eigenvalue weighted by Gasteiger charge is 2.20. The lowest BCUT2D eigenvalue weighted by Gasteiger charge is -2.09. The molecule has 0 spiro atoms. The Bertz CT molecular complexity index is 730. The standard InChI is InChI=1S/C14H18ClN3O3S/c1-3-8-22(19,20)18-10(2)14-16-13(17-21-14)9-11-6-4-5-7-12(11)15/h4-7,10,18H,3,8-9H2,1-2H3/t10-/m1/s1. The third-order valence-electron chi connectivity index (χ3n) is 2.99. The van der Waals surface area contributed by atoms with Crippen LogP contribution in [0.2, 0.25) is 5.02 Å². The molecule has 0 fully saturated rings. The van der Waals surface area contributed by atoms with Crippen molar-refractivity contribution < 1.29 is 12.9 Å². The molecule has 0 amide bonds. The van der Waals surface area contributed by atoms with Crippen LogP contribution < -0.4 is 4.72 Å². The summed E-state index contributed by atoms with van der Waals surface area (Å²) in [6.45, 7) is 3.47. The normalized spacial score (nSPS) is 13.2. The van der Waals surface area contributed by atoms with Gasteiger partial charge in [0, 0.05) is 11.4 Å². The zero-order valence-corrected chi connectivity index (χ0v) is 14.0. The van der Waals surface area contributed by atoms with Gasteiger partial charge in [-0.05, 0) is 25.0 Å². The Morgan fingerprint density at radius 2 is 2.09 bits per heavy atom. The molecule has 8 heteroatoms. The molecule has 22 heavy (non-hydrogen) atoms. The first-order valence-electron chi connectivity index (χ1n) is 6.97. The molecule has 0 aliphatic carbocycles. The number of sulfonamides is 1. The Hall–Kier alpha value is -1.44. The van der Waals surface area contributed by atoms with Crippen molar-refractivity contribution >= 4 is 21.6 Å². The zero-order valence-electron chi connectivity index (χ0n) is 12.4. The van der Waals surface area contributed by atoms with Crippen molar-refractivity contribution in [3.8, 4) is 0 Å². The minimum atomic E-state index is -3.33. The third kappa shape index (κ3) is 4.53. The number of nitrogens with zero attached hydrogens (tertiary/aromatic N) is 2. The number of rotatable bonds is 7. The molecule has 0 saturated heterocycles. The minimum Gasteiger partial charge on any atom is -0.338 e. The maximum Gasteiger partial charge on any atom is 0.244 e. The zero-order chi connectivity index (χ0) is 16.2. The summed E-state index contributed by atoms with van der Waals surface area (Å²) in [6, 6.07) is 6.83. The van der Waals surface area contributed by atoms with Crippen LogP contribution in [-0.4, -0.2) is 24.3 Å². The summed E-state index contributed by atoms with van der Waals surface area (Å²) in [5.41, 5.74) is 0.885. The van der Waals surface area contributed by atoms with E-state index in [0.717, 1.165) is 5.56 Å². The Labute approximate surface area is 134 Å². The first-order chi connectivity index (χ1) is 10.4. The van der Waals surface area contributed by atoms with E-state index in [9.17, 15) is 8.42 Å². The van der Waals surface area contributed by atoms with E-state index in [1.165, 1.54) is 0 Å². The highest BCUT2D eigenvalue weighted by molar-refractivity contribution is 7.89. The topological polar surface area (TPSA) is 85.1 Å². The van der Waals surface area contributed by atoms with E-state index in [1.54, 1.807) is 19.9 Å². The lowest BCUT2D eigenvalue weighted by atomic mass is 10.1. The van der Waals surface area contributed by atoms with Crippen molar-refractivity contribution in [2.24, 2.45) is 0 Å². The van der Waals surface area contributed by atoms with Crippen molar-refractivity contribution in [2.75, 3.05) is 5.75 Å². The molecule has 120 valence electrons. The summed E-state index contributed by atoms with van der Waals surface area (Å²) in [6.07, 6.45) is 0.973. The van der Waals surface area contributed by atoms with Gasteiger partial charge in [0.25, 0.3) is 0 Å². The molecule has 1 N–H and O–H groups in total. The van der Waals surface area contributed by atoms with Gasteiger partial charge >= 0.3 is 0 Å². The van der Waals surface area contributed by atoms with E-state index in [0.29, 0.717) is 23.7 Å². The maximum atomic E-state index is 11.7. The van der Waals surface area contributed by atoms with E-state index in [-0.39, 0.29) is 11.6 Å². The quantitative estimate of drug-likeness (QED) is 0.835. The highest BCUT2D eigenvalue weighted by Crippen LogP contribution is 2.19. The SMILES string of the molecule is CCCS(=O)(=O)N[C@H](C)c1nc(Cc2ccccc2Cl)no1. The summed E-state index contributed by atoms with van der Waals surface area (Å²) in [5.74, 6) is 0.768. The summed E-state index contributed by atoms with van der Waals surface area (Å²) in [5, 5.41) is 4.50. The second-order valence-corrected chi connectivity index (χ2v) is 7.26. The molecule has 0 unspecified atom stereocenters. The molecule has 2 rings (SSSR count). The molecule has 0 saturated carbocycles. The summed E-state index contributed by atoms with van der Waals surface area (Å²) in [4.78, 5) is 4.23. The monoisotopic (exact) mass is 343 g/mol. The molecule has 2 aromatic rings. The van der Waals surface area contributed by atoms with Gasteiger partial charge in [0.1, 0.15) is 0 Å². The first-order valence-corrected chi connectivity index (χ1v) is 9.00. The number of halogens is 1. The molecule has 1 atom stereocenters. The van der Waals surface area contributed by atoms with Crippen LogP contribution in [-0.2, 0) is 16.4 Å². The van der Waals surface area contributed by atoms with Gasteiger partial charge in [-0.2, -0.15) is 4.98 Å². The van der Waals surface area contributed by atoms with Gasteiger partial charge in [-0.1, -0.05) is 41.9 Å². The average molecular weight is 344 g/mol. The van der Waals surface area contributed by atoms with Crippen LogP contribution in [0.15, 0.2) is 28.8 Å². The van der Waals surface area contributed by atoms with E-state index in [2.05, 4.69) is 14.9 Å². The second-order valence-electron chi connectivity index (χ2n) is 4.98. The first kappa shape index (κ1) is 16.9. The predicted octanol–water partition coefficient (Wildman–Crippen LogP) is 2.70. The van der Waals surface area contributed by atoms with Crippen LogP contribution in [0.3, 0.4) is 0 Å². The molecule has 0 aliphatic rings. The molecule has 0 aliphatic heterocycles. The fraction of sp³-hybridized carbons (Fsp3) is 0.429. The molecule has 6 nitrogen and oxygen atoms in total. The van der Waals surface area contributed by atoms with Gasteiger partial charge < -0.3 is 4.52 Å². The minimum absolute atomic E-state index is 0.0674. The predicted molar refractivity (Wildman–Crippen MR) is 84.2 cm³/mol. The van der Waals surface area contributed by atoms with E-state index in [1.807, 2.05) is 18.2 Å². The van der Waals surface area contributed by atoms with Gasteiger partial charge in [-0.25, -0.2) is 13.1 Å². The second kappa shape index (κ2) is 7.21. The van der Waals surface area contributed by atoms with Gasteiger partial charge in [0.2, 0.25) is 15.9 Å². The van der Waals surface area contributed by atoms with Crippen LogP contribution >= 0.6 is 11.6 Å². The van der Waals surface area contributed by atoms with Crippen LogP contribution in [0.5, 0.6) is 0 Å². The lowest BCUT2D eigenvalue weighted by Crippen LogP contribution is -2.29. The fourth-order valence-electron chi connectivity index (χ4n) is 1.97. The molecule has 1 aromatic heterocycles. The van der Waals surface area contributed by atoms with E-state index in [4.69, 9.17) is 16.1 Å². The number of benzene rings is 1. The Kier molecular flexibility index (Phi) is 5.55. The molecule has 1 aromatic carbocycles. The van der Waals surface area contributed by atoms with E-state index < -0.39 is 16.1 Å². The van der Waals surface area contributed by atoms with Crippen LogP contribution in [0, 0.1) is 0 Å². The van der Waals surface area contributed by atoms with Crippen molar-refractivity contribution in [3.63, 3.8) is 0 Å². The number of aromatic nitrogens is 2. The number of nitrogens with one attached hydrogen (secondary N) is 1. The van der Waals surface area contributed by atoms with Crippen LogP contribution in [0.4, 0.5) is 0 Å². The Morgan fingerprint density at radius 3 is 2.77 bits per heavy atom. The maximum absolute atomic E-state index is 11.7. The van der Waals surface area contributed by atoms with Crippen molar-refractivity contribution in [1.82, 2.24) is 14.9 Å². The van der Waals surface area contributed by atoms with E-state index >= 15 is 0 Å². The smallest absolute Gasteiger partial charge is 0.244 e. The Morgan fingerprint density at radius 1 is 1.36 bits per heavy atom. The Balaban J connectivity index is 2.07. The summed E-state index contributed by atoms with van der Waals surface area (Å²) >= 11 is 6.09. The number of hydrogen-bond acceptors (Lipinski definition) is 5. The molecule has 0 radical (unpaired) electrons. The van der Waals surface area contributed by atoms with Gasteiger partial charge in [0.05, 0.1) is 11.8 Å². The molecular weight excluding hydrogens is 326 g/mol. The summed E-state index contributed by atoms with van der Waals surface area (Å²) in [7, 11) is -3.33. The third-order valence-corrected chi connectivity index (χ3v) is 5.02. The largest absolute Gasteiger partial charge is 0.338 e.